The second kappa shape index (κ2) is 5.93. The van der Waals surface area contributed by atoms with Crippen molar-refractivity contribution in [2.24, 2.45) is 0 Å². The molecule has 1 heterocycles. The largest absolute Gasteiger partial charge is 0.348 e. The zero-order chi connectivity index (χ0) is 14.8. The van der Waals surface area contributed by atoms with Gasteiger partial charge in [-0.1, -0.05) is 36.4 Å². The van der Waals surface area contributed by atoms with Crippen LogP contribution in [-0.2, 0) is 12.8 Å². The molecule has 22 heavy (non-hydrogen) atoms. The smallest absolute Gasteiger partial charge is 0.0921 e. The lowest BCUT2D eigenvalue weighted by atomic mass is 9.84. The molecule has 4 rings (SSSR count). The summed E-state index contributed by atoms with van der Waals surface area (Å²) >= 11 is 0. The zero-order valence-electron chi connectivity index (χ0n) is 12.7. The van der Waals surface area contributed by atoms with Gasteiger partial charge >= 0.3 is 0 Å². The Kier molecular flexibility index (Phi) is 3.65. The summed E-state index contributed by atoms with van der Waals surface area (Å²) in [5.41, 5.74) is 4.24. The third kappa shape index (κ3) is 2.53. The van der Waals surface area contributed by atoms with Crippen molar-refractivity contribution < 1.29 is 0 Å². The number of aryl methyl sites for hydroxylation is 1. The lowest BCUT2D eigenvalue weighted by molar-refractivity contribution is 0.463. The van der Waals surface area contributed by atoms with Gasteiger partial charge in [-0.2, -0.15) is 0 Å². The predicted octanol–water partition coefficient (Wildman–Crippen LogP) is 3.77. The van der Waals surface area contributed by atoms with Crippen molar-refractivity contribution >= 4 is 10.8 Å². The number of imidazole rings is 1. The number of nitrogens with one attached hydrogen (secondary N) is 2. The fourth-order valence-electron chi connectivity index (χ4n) is 3.61. The molecule has 0 saturated heterocycles. The van der Waals surface area contributed by atoms with E-state index in [0.717, 1.165) is 13.0 Å². The Labute approximate surface area is 130 Å². The average molecular weight is 291 g/mol. The predicted molar refractivity (Wildman–Crippen MR) is 89.9 cm³/mol. The molecule has 0 fully saturated rings. The maximum atomic E-state index is 4.07. The SMILES string of the molecule is c1ccc2c3c(ccc2c1)C(NCCc1cnc[nH]1)CCC3. The Balaban J connectivity index is 1.55. The number of fused-ring (bicyclic) bond motifs is 3. The molecule has 2 N–H and O–H groups in total. The van der Waals surface area contributed by atoms with Crippen molar-refractivity contribution in [1.82, 2.24) is 15.3 Å². The summed E-state index contributed by atoms with van der Waals surface area (Å²) < 4.78 is 0. The molecule has 1 aromatic heterocycles. The molecule has 1 unspecified atom stereocenters. The van der Waals surface area contributed by atoms with E-state index in [-0.39, 0.29) is 0 Å². The minimum absolute atomic E-state index is 0.483. The highest BCUT2D eigenvalue weighted by molar-refractivity contribution is 5.87. The Morgan fingerprint density at radius 3 is 3.05 bits per heavy atom. The van der Waals surface area contributed by atoms with Gasteiger partial charge in [0.25, 0.3) is 0 Å². The summed E-state index contributed by atoms with van der Waals surface area (Å²) in [6, 6.07) is 13.8. The molecular formula is C19H21N3. The van der Waals surface area contributed by atoms with E-state index >= 15 is 0 Å². The summed E-state index contributed by atoms with van der Waals surface area (Å²) in [6.07, 6.45) is 8.35. The Morgan fingerprint density at radius 2 is 2.14 bits per heavy atom. The molecule has 0 saturated carbocycles. The third-order valence-electron chi connectivity index (χ3n) is 4.71. The Hall–Kier alpha value is -2.13. The fraction of sp³-hybridized carbons (Fsp3) is 0.316. The number of hydrogen-bond donors (Lipinski definition) is 2. The van der Waals surface area contributed by atoms with Crippen molar-refractivity contribution in [3.05, 3.63) is 65.7 Å². The van der Waals surface area contributed by atoms with E-state index in [9.17, 15) is 0 Å². The minimum atomic E-state index is 0.483. The van der Waals surface area contributed by atoms with Crippen LogP contribution in [0.5, 0.6) is 0 Å². The van der Waals surface area contributed by atoms with E-state index in [1.807, 2.05) is 6.20 Å². The first-order valence-corrected chi connectivity index (χ1v) is 8.13. The van der Waals surface area contributed by atoms with E-state index in [1.165, 1.54) is 41.3 Å². The summed E-state index contributed by atoms with van der Waals surface area (Å²) in [4.78, 5) is 7.24. The molecule has 1 aliphatic rings. The van der Waals surface area contributed by atoms with E-state index in [0.29, 0.717) is 6.04 Å². The van der Waals surface area contributed by atoms with E-state index in [4.69, 9.17) is 0 Å². The summed E-state index contributed by atoms with van der Waals surface area (Å²) in [5.74, 6) is 0. The van der Waals surface area contributed by atoms with Gasteiger partial charge in [-0.25, -0.2) is 4.98 Å². The average Bonchev–Trinajstić information content (AvgIpc) is 3.08. The highest BCUT2D eigenvalue weighted by Gasteiger charge is 2.21. The number of hydrogen-bond acceptors (Lipinski definition) is 2. The topological polar surface area (TPSA) is 40.7 Å². The second-order valence-electron chi connectivity index (χ2n) is 6.08. The summed E-state index contributed by atoms with van der Waals surface area (Å²) in [7, 11) is 0. The first-order chi connectivity index (χ1) is 10.9. The van der Waals surface area contributed by atoms with Gasteiger partial charge in [-0.3, -0.25) is 0 Å². The van der Waals surface area contributed by atoms with Crippen LogP contribution >= 0.6 is 0 Å². The lowest BCUT2D eigenvalue weighted by Gasteiger charge is -2.27. The maximum absolute atomic E-state index is 4.07. The fourth-order valence-corrected chi connectivity index (χ4v) is 3.61. The summed E-state index contributed by atoms with van der Waals surface area (Å²) in [5, 5.41) is 6.52. The molecule has 1 atom stereocenters. The van der Waals surface area contributed by atoms with Crippen molar-refractivity contribution in [1.29, 1.82) is 0 Å². The zero-order valence-corrected chi connectivity index (χ0v) is 12.7. The normalized spacial score (nSPS) is 17.5. The standard InChI is InChI=1S/C19H21N3/c1-2-5-16-14(4-1)8-9-18-17(16)6-3-7-19(18)21-11-10-15-12-20-13-22-15/h1-2,4-5,8-9,12-13,19,21H,3,6-7,10-11H2,(H,20,22). The van der Waals surface area contributed by atoms with Gasteiger partial charge < -0.3 is 10.3 Å². The van der Waals surface area contributed by atoms with E-state index in [2.05, 4.69) is 51.7 Å². The van der Waals surface area contributed by atoms with Crippen molar-refractivity contribution in [2.75, 3.05) is 6.54 Å². The molecule has 0 aliphatic heterocycles. The van der Waals surface area contributed by atoms with Gasteiger partial charge in [0.05, 0.1) is 6.33 Å². The molecule has 3 heteroatoms. The van der Waals surface area contributed by atoms with Crippen LogP contribution in [0.2, 0.25) is 0 Å². The van der Waals surface area contributed by atoms with Gasteiger partial charge in [-0.05, 0) is 41.2 Å². The van der Waals surface area contributed by atoms with Crippen molar-refractivity contribution in [3.8, 4) is 0 Å². The number of H-pyrrole nitrogens is 1. The summed E-state index contributed by atoms with van der Waals surface area (Å²) in [6.45, 7) is 0.985. The molecule has 112 valence electrons. The molecule has 0 spiro atoms. The molecule has 0 radical (unpaired) electrons. The lowest BCUT2D eigenvalue weighted by Crippen LogP contribution is -2.27. The van der Waals surface area contributed by atoms with E-state index in [1.54, 1.807) is 11.9 Å². The number of aromatic amines is 1. The van der Waals surface area contributed by atoms with Gasteiger partial charge in [0, 0.05) is 30.9 Å². The number of benzene rings is 2. The van der Waals surface area contributed by atoms with E-state index < -0.39 is 0 Å². The van der Waals surface area contributed by atoms with Crippen LogP contribution in [-0.4, -0.2) is 16.5 Å². The number of aromatic nitrogens is 2. The second-order valence-corrected chi connectivity index (χ2v) is 6.08. The highest BCUT2D eigenvalue weighted by atomic mass is 14.9. The van der Waals surface area contributed by atoms with Gasteiger partial charge in [0.1, 0.15) is 0 Å². The molecule has 3 nitrogen and oxygen atoms in total. The molecule has 0 bridgehead atoms. The van der Waals surface area contributed by atoms with Gasteiger partial charge in [0.2, 0.25) is 0 Å². The van der Waals surface area contributed by atoms with Gasteiger partial charge in [0.15, 0.2) is 0 Å². The first kappa shape index (κ1) is 13.5. The molecule has 3 aromatic rings. The van der Waals surface area contributed by atoms with Crippen molar-refractivity contribution in [3.63, 3.8) is 0 Å². The van der Waals surface area contributed by atoms with Crippen LogP contribution < -0.4 is 5.32 Å². The maximum Gasteiger partial charge on any atom is 0.0921 e. The molecular weight excluding hydrogens is 270 g/mol. The van der Waals surface area contributed by atoms with Crippen LogP contribution in [0.25, 0.3) is 10.8 Å². The first-order valence-electron chi connectivity index (χ1n) is 8.13. The highest BCUT2D eigenvalue weighted by Crippen LogP contribution is 2.34. The minimum Gasteiger partial charge on any atom is -0.348 e. The number of rotatable bonds is 4. The van der Waals surface area contributed by atoms with Crippen LogP contribution in [0.1, 0.15) is 35.7 Å². The number of nitrogens with zero attached hydrogens (tertiary/aromatic N) is 1. The molecule has 0 amide bonds. The van der Waals surface area contributed by atoms with Crippen molar-refractivity contribution in [2.45, 2.75) is 31.7 Å². The van der Waals surface area contributed by atoms with Crippen LogP contribution in [0, 0.1) is 0 Å². The quantitative estimate of drug-likeness (QED) is 0.768. The van der Waals surface area contributed by atoms with Crippen LogP contribution in [0.4, 0.5) is 0 Å². The monoisotopic (exact) mass is 291 g/mol. The molecule has 2 aromatic carbocycles. The van der Waals surface area contributed by atoms with Crippen LogP contribution in [0.15, 0.2) is 48.9 Å². The Bertz CT molecular complexity index is 761. The Morgan fingerprint density at radius 1 is 1.18 bits per heavy atom. The third-order valence-corrected chi connectivity index (χ3v) is 4.71. The van der Waals surface area contributed by atoms with Crippen LogP contribution in [0.3, 0.4) is 0 Å². The molecule has 1 aliphatic carbocycles. The van der Waals surface area contributed by atoms with Gasteiger partial charge in [-0.15, -0.1) is 0 Å².